The van der Waals surface area contributed by atoms with Crippen LogP contribution < -0.4 is 5.32 Å². The van der Waals surface area contributed by atoms with Gasteiger partial charge >= 0.3 is 0 Å². The van der Waals surface area contributed by atoms with E-state index in [0.717, 1.165) is 23.7 Å². The van der Waals surface area contributed by atoms with Crippen molar-refractivity contribution in [2.24, 2.45) is 0 Å². The molecule has 0 fully saturated rings. The summed E-state index contributed by atoms with van der Waals surface area (Å²) in [5, 5.41) is 6.78. The van der Waals surface area contributed by atoms with Gasteiger partial charge in [0.1, 0.15) is 5.01 Å². The van der Waals surface area contributed by atoms with Gasteiger partial charge in [-0.2, -0.15) is 0 Å². The van der Waals surface area contributed by atoms with Crippen molar-refractivity contribution in [3.63, 3.8) is 0 Å². The van der Waals surface area contributed by atoms with Gasteiger partial charge in [0.2, 0.25) is 0 Å². The molecule has 1 N–H and O–H groups in total. The number of aryl methyl sites for hydroxylation is 2. The summed E-state index contributed by atoms with van der Waals surface area (Å²) in [5.74, 6) is 0. The van der Waals surface area contributed by atoms with E-state index >= 15 is 0 Å². The Morgan fingerprint density at radius 1 is 1.22 bits per heavy atom. The fourth-order valence-corrected chi connectivity index (χ4v) is 2.90. The van der Waals surface area contributed by atoms with Crippen LogP contribution in [-0.4, -0.2) is 11.5 Å². The fourth-order valence-electron chi connectivity index (χ4n) is 2.00. The first-order valence-electron chi connectivity index (χ1n) is 6.48. The quantitative estimate of drug-likeness (QED) is 0.886. The van der Waals surface area contributed by atoms with Gasteiger partial charge in [-0.05, 0) is 31.0 Å². The van der Waals surface area contributed by atoms with E-state index in [1.807, 2.05) is 6.92 Å². The zero-order valence-corrected chi connectivity index (χ0v) is 12.1. The Morgan fingerprint density at radius 2 is 1.94 bits per heavy atom. The summed E-state index contributed by atoms with van der Waals surface area (Å²) in [6.45, 7) is 7.30. The highest BCUT2D eigenvalue weighted by molar-refractivity contribution is 7.09. The second-order valence-corrected chi connectivity index (χ2v) is 5.30. The molecular formula is C15H20N2S. The van der Waals surface area contributed by atoms with Gasteiger partial charge in [0.15, 0.2) is 0 Å². The van der Waals surface area contributed by atoms with Crippen molar-refractivity contribution < 1.29 is 0 Å². The minimum Gasteiger partial charge on any atom is -0.305 e. The predicted molar refractivity (Wildman–Crippen MR) is 78.2 cm³/mol. The minimum atomic E-state index is 0.222. The van der Waals surface area contributed by atoms with E-state index in [0.29, 0.717) is 0 Å². The van der Waals surface area contributed by atoms with Crippen molar-refractivity contribution in [2.75, 3.05) is 6.54 Å². The van der Waals surface area contributed by atoms with Crippen molar-refractivity contribution >= 4 is 11.3 Å². The van der Waals surface area contributed by atoms with Crippen LogP contribution >= 0.6 is 11.3 Å². The Bertz CT molecular complexity index is 487. The van der Waals surface area contributed by atoms with Crippen LogP contribution in [0, 0.1) is 6.92 Å². The second kappa shape index (κ2) is 6.12. The van der Waals surface area contributed by atoms with E-state index in [-0.39, 0.29) is 6.04 Å². The third kappa shape index (κ3) is 2.98. The van der Waals surface area contributed by atoms with E-state index in [9.17, 15) is 0 Å². The highest BCUT2D eigenvalue weighted by atomic mass is 32.1. The molecule has 0 amide bonds. The Labute approximate surface area is 113 Å². The summed E-state index contributed by atoms with van der Waals surface area (Å²) < 4.78 is 0. The highest BCUT2D eigenvalue weighted by Gasteiger charge is 2.15. The zero-order chi connectivity index (χ0) is 13.0. The van der Waals surface area contributed by atoms with Crippen molar-refractivity contribution in [1.29, 1.82) is 0 Å². The Hall–Kier alpha value is -1.19. The summed E-state index contributed by atoms with van der Waals surface area (Å²) in [4.78, 5) is 4.60. The number of nitrogens with one attached hydrogen (secondary N) is 1. The van der Waals surface area contributed by atoms with Gasteiger partial charge in [-0.3, -0.25) is 0 Å². The van der Waals surface area contributed by atoms with E-state index in [1.165, 1.54) is 11.1 Å². The first-order valence-corrected chi connectivity index (χ1v) is 7.36. The summed E-state index contributed by atoms with van der Waals surface area (Å²) in [6, 6.07) is 9.06. The summed E-state index contributed by atoms with van der Waals surface area (Å²) >= 11 is 1.73. The average Bonchev–Trinajstić information content (AvgIpc) is 2.82. The predicted octanol–water partition coefficient (Wildman–Crippen LogP) is 3.71. The van der Waals surface area contributed by atoms with Crippen LogP contribution in [-0.2, 0) is 6.42 Å². The fraction of sp³-hybridized carbons (Fsp3) is 0.400. The lowest BCUT2D eigenvalue weighted by molar-refractivity contribution is 0.626. The summed E-state index contributed by atoms with van der Waals surface area (Å²) in [7, 11) is 0. The number of nitrogens with zero attached hydrogens (tertiary/aromatic N) is 1. The van der Waals surface area contributed by atoms with E-state index in [2.05, 4.69) is 53.8 Å². The largest absolute Gasteiger partial charge is 0.305 e. The van der Waals surface area contributed by atoms with Crippen molar-refractivity contribution in [3.8, 4) is 0 Å². The second-order valence-electron chi connectivity index (χ2n) is 4.41. The number of thiazole rings is 1. The Kier molecular flexibility index (Phi) is 4.50. The third-order valence-corrected chi connectivity index (χ3v) is 4.04. The SMILES string of the molecule is CCNC(c1ccc(CC)cc1)c1nc(C)cs1. The Balaban J connectivity index is 2.28. The van der Waals surface area contributed by atoms with Crippen LogP contribution in [0.25, 0.3) is 0 Å². The molecule has 18 heavy (non-hydrogen) atoms. The molecule has 2 nitrogen and oxygen atoms in total. The summed E-state index contributed by atoms with van der Waals surface area (Å²) in [5.41, 5.74) is 3.77. The molecule has 2 rings (SSSR count). The van der Waals surface area contributed by atoms with Gasteiger partial charge in [0, 0.05) is 11.1 Å². The van der Waals surface area contributed by atoms with E-state index in [1.54, 1.807) is 11.3 Å². The maximum atomic E-state index is 4.60. The van der Waals surface area contributed by atoms with Gasteiger partial charge < -0.3 is 5.32 Å². The van der Waals surface area contributed by atoms with E-state index < -0.39 is 0 Å². The molecular weight excluding hydrogens is 240 g/mol. The molecule has 1 aromatic heterocycles. The lowest BCUT2D eigenvalue weighted by Crippen LogP contribution is -2.21. The molecule has 96 valence electrons. The monoisotopic (exact) mass is 260 g/mol. The molecule has 2 aromatic rings. The first-order chi connectivity index (χ1) is 8.74. The molecule has 0 aliphatic carbocycles. The third-order valence-electron chi connectivity index (χ3n) is 3.01. The molecule has 1 atom stereocenters. The molecule has 3 heteroatoms. The van der Waals surface area contributed by atoms with Crippen LogP contribution in [0.15, 0.2) is 29.6 Å². The maximum absolute atomic E-state index is 4.60. The molecule has 1 unspecified atom stereocenters. The number of hydrogen-bond donors (Lipinski definition) is 1. The highest BCUT2D eigenvalue weighted by Crippen LogP contribution is 2.25. The number of hydrogen-bond acceptors (Lipinski definition) is 3. The average molecular weight is 260 g/mol. The maximum Gasteiger partial charge on any atom is 0.114 e. The minimum absolute atomic E-state index is 0.222. The smallest absolute Gasteiger partial charge is 0.114 e. The zero-order valence-electron chi connectivity index (χ0n) is 11.2. The lowest BCUT2D eigenvalue weighted by Gasteiger charge is -2.16. The van der Waals surface area contributed by atoms with Crippen LogP contribution in [0.4, 0.5) is 0 Å². The van der Waals surface area contributed by atoms with Gasteiger partial charge in [-0.15, -0.1) is 11.3 Å². The molecule has 0 radical (unpaired) electrons. The van der Waals surface area contributed by atoms with Crippen molar-refractivity contribution in [2.45, 2.75) is 33.2 Å². The number of aromatic nitrogens is 1. The molecule has 0 spiro atoms. The molecule has 1 heterocycles. The first kappa shape index (κ1) is 13.2. The molecule has 0 aliphatic rings. The van der Waals surface area contributed by atoms with Gasteiger partial charge in [-0.25, -0.2) is 4.98 Å². The van der Waals surface area contributed by atoms with Crippen molar-refractivity contribution in [1.82, 2.24) is 10.3 Å². The van der Waals surface area contributed by atoms with Gasteiger partial charge in [0.05, 0.1) is 6.04 Å². The van der Waals surface area contributed by atoms with Crippen molar-refractivity contribution in [3.05, 3.63) is 51.5 Å². The number of rotatable bonds is 5. The van der Waals surface area contributed by atoms with Gasteiger partial charge in [-0.1, -0.05) is 38.1 Å². The van der Waals surface area contributed by atoms with Crippen LogP contribution in [0.5, 0.6) is 0 Å². The summed E-state index contributed by atoms with van der Waals surface area (Å²) in [6.07, 6.45) is 1.09. The Morgan fingerprint density at radius 3 is 2.44 bits per heavy atom. The van der Waals surface area contributed by atoms with Crippen LogP contribution in [0.1, 0.15) is 41.7 Å². The molecule has 0 saturated carbocycles. The topological polar surface area (TPSA) is 24.9 Å². The van der Waals surface area contributed by atoms with Gasteiger partial charge in [0.25, 0.3) is 0 Å². The lowest BCUT2D eigenvalue weighted by atomic mass is 10.0. The molecule has 1 aromatic carbocycles. The standard InChI is InChI=1S/C15H20N2S/c1-4-12-6-8-13(9-7-12)14(16-5-2)15-17-11(3)10-18-15/h6-10,14,16H,4-5H2,1-3H3. The molecule has 0 bridgehead atoms. The van der Waals surface area contributed by atoms with Crippen LogP contribution in [0.3, 0.4) is 0 Å². The number of benzene rings is 1. The van der Waals surface area contributed by atoms with E-state index in [4.69, 9.17) is 0 Å². The molecule has 0 saturated heterocycles. The normalized spacial score (nSPS) is 12.6. The van der Waals surface area contributed by atoms with Crippen LogP contribution in [0.2, 0.25) is 0 Å². The molecule has 0 aliphatic heterocycles.